The fourth-order valence-electron chi connectivity index (χ4n) is 3.85. The monoisotopic (exact) mass is 509 g/mol. The fraction of sp³-hybridized carbons (Fsp3) is 0.167. The van der Waals surface area contributed by atoms with Gasteiger partial charge in [0.15, 0.2) is 0 Å². The molecular formula is C24H21ClN5O4P. The number of halogens is 1. The number of carbonyl (C=O) groups is 1. The van der Waals surface area contributed by atoms with E-state index in [-0.39, 0.29) is 17.5 Å². The Morgan fingerprint density at radius 1 is 1.31 bits per heavy atom. The van der Waals surface area contributed by atoms with Gasteiger partial charge in [-0.05, 0) is 48.4 Å². The van der Waals surface area contributed by atoms with Gasteiger partial charge in [0, 0.05) is 28.3 Å². The fourth-order valence-corrected chi connectivity index (χ4v) is 6.27. The molecule has 1 unspecified atom stereocenters. The van der Waals surface area contributed by atoms with Crippen LogP contribution < -0.4 is 20.7 Å². The van der Waals surface area contributed by atoms with Gasteiger partial charge in [-0.1, -0.05) is 23.5 Å². The molecule has 2 N–H and O–H groups in total. The minimum Gasteiger partial charge on any atom is -0.711 e. The van der Waals surface area contributed by atoms with E-state index in [4.69, 9.17) is 16.1 Å². The van der Waals surface area contributed by atoms with Crippen molar-refractivity contribution in [3.05, 3.63) is 87.7 Å². The first-order valence-electron chi connectivity index (χ1n) is 10.6. The maximum atomic E-state index is 14.5. The molecule has 4 aromatic rings. The molecule has 4 rings (SSSR count). The van der Waals surface area contributed by atoms with Crippen LogP contribution in [0.1, 0.15) is 34.1 Å². The van der Waals surface area contributed by atoms with E-state index in [0.717, 1.165) is 11.9 Å². The molecule has 0 bridgehead atoms. The normalized spacial score (nSPS) is 12.7. The standard InChI is InChI=1S/C24H21ClN5O4P/c1-3-15-6-16(10-26)8-19(7-15)35(33,34-2)23-20-9-18(25)4-5-21(20)29-22(23)24(31)28-12-17-11-27-14-30(32)13-17/h4-9,11,13-14,29H,3,12H2,1-2H3,(H,28,31). The number of fused-ring (bicyclic) bond motifs is 1. The number of H-pyrrole nitrogens is 1. The molecule has 1 amide bonds. The van der Waals surface area contributed by atoms with Gasteiger partial charge in [0.25, 0.3) is 19.6 Å². The molecule has 0 saturated carbocycles. The quantitative estimate of drug-likeness (QED) is 0.223. The van der Waals surface area contributed by atoms with E-state index in [1.54, 1.807) is 30.3 Å². The summed E-state index contributed by atoms with van der Waals surface area (Å²) in [7, 11) is -2.56. The minimum absolute atomic E-state index is 0.0195. The lowest BCUT2D eigenvalue weighted by Gasteiger charge is -2.19. The summed E-state index contributed by atoms with van der Waals surface area (Å²) in [5.41, 5.74) is 2.20. The Morgan fingerprint density at radius 2 is 2.11 bits per heavy atom. The van der Waals surface area contributed by atoms with Crippen molar-refractivity contribution in [3.63, 3.8) is 0 Å². The molecule has 0 fully saturated rings. The van der Waals surface area contributed by atoms with Crippen LogP contribution in [-0.4, -0.2) is 23.0 Å². The zero-order valence-electron chi connectivity index (χ0n) is 18.9. The Labute approximate surface area is 206 Å². The van der Waals surface area contributed by atoms with Crippen LogP contribution in [0.2, 0.25) is 5.02 Å². The highest BCUT2D eigenvalue weighted by Crippen LogP contribution is 2.47. The van der Waals surface area contributed by atoms with Crippen molar-refractivity contribution in [2.24, 2.45) is 0 Å². The van der Waals surface area contributed by atoms with Crippen molar-refractivity contribution >= 4 is 46.4 Å². The Bertz CT molecular complexity index is 1530. The molecule has 0 aliphatic rings. The average Bonchev–Trinajstić information content (AvgIpc) is 3.25. The molecule has 0 saturated heterocycles. The first-order chi connectivity index (χ1) is 16.8. The molecule has 11 heteroatoms. The molecule has 2 aromatic heterocycles. The summed E-state index contributed by atoms with van der Waals surface area (Å²) in [6.07, 6.45) is 4.46. The van der Waals surface area contributed by atoms with E-state index in [9.17, 15) is 19.8 Å². The molecule has 2 heterocycles. The largest absolute Gasteiger partial charge is 0.711 e. The summed E-state index contributed by atoms with van der Waals surface area (Å²) in [6.45, 7) is 1.94. The minimum atomic E-state index is -3.87. The van der Waals surface area contributed by atoms with Crippen LogP contribution in [0.25, 0.3) is 10.9 Å². The highest BCUT2D eigenvalue weighted by atomic mass is 35.5. The van der Waals surface area contributed by atoms with Crippen molar-refractivity contribution < 1.29 is 18.6 Å². The number of nitriles is 1. The number of amides is 1. The zero-order chi connectivity index (χ0) is 25.2. The van der Waals surface area contributed by atoms with Crippen molar-refractivity contribution in [1.29, 1.82) is 5.26 Å². The number of benzene rings is 2. The number of aryl methyl sites for hydroxylation is 1. The van der Waals surface area contributed by atoms with Crippen LogP contribution in [0.3, 0.4) is 0 Å². The average molecular weight is 510 g/mol. The third-order valence-electron chi connectivity index (χ3n) is 5.53. The topological polar surface area (TPSA) is 135 Å². The molecular weight excluding hydrogens is 489 g/mol. The van der Waals surface area contributed by atoms with E-state index in [1.165, 1.54) is 25.6 Å². The summed E-state index contributed by atoms with van der Waals surface area (Å²) in [5.74, 6) is -0.557. The number of nitrogens with one attached hydrogen (secondary N) is 2. The Balaban J connectivity index is 1.87. The first-order valence-corrected chi connectivity index (χ1v) is 12.6. The first kappa shape index (κ1) is 24.4. The van der Waals surface area contributed by atoms with Gasteiger partial charge in [-0.15, -0.1) is 0 Å². The van der Waals surface area contributed by atoms with E-state index < -0.39 is 13.3 Å². The van der Waals surface area contributed by atoms with E-state index in [1.807, 2.05) is 6.92 Å². The SMILES string of the molecule is CCc1cc(C#N)cc(P(=O)(OC)c2c(C(=O)NCc3cnc[n+]([O-])c3)[nH]c3ccc(Cl)cc23)c1. The lowest BCUT2D eigenvalue weighted by Crippen LogP contribution is -2.32. The predicted molar refractivity (Wildman–Crippen MR) is 132 cm³/mol. The third kappa shape index (κ3) is 4.77. The Kier molecular flexibility index (Phi) is 6.90. The van der Waals surface area contributed by atoms with Crippen LogP contribution in [0, 0.1) is 16.5 Å². The molecule has 0 aliphatic heterocycles. The summed E-state index contributed by atoms with van der Waals surface area (Å²) in [4.78, 5) is 20.2. The van der Waals surface area contributed by atoms with Gasteiger partial charge in [0.1, 0.15) is 18.1 Å². The van der Waals surface area contributed by atoms with Gasteiger partial charge in [-0.25, -0.2) is 4.73 Å². The van der Waals surface area contributed by atoms with Crippen molar-refractivity contribution in [3.8, 4) is 6.07 Å². The van der Waals surface area contributed by atoms with Crippen LogP contribution >= 0.6 is 19.0 Å². The number of rotatable bonds is 7. The number of hydrogen-bond donors (Lipinski definition) is 2. The molecule has 1 atom stereocenters. The summed E-state index contributed by atoms with van der Waals surface area (Å²) in [6, 6.07) is 12.0. The molecule has 35 heavy (non-hydrogen) atoms. The number of carbonyl (C=O) groups excluding carboxylic acids is 1. The highest BCUT2D eigenvalue weighted by molar-refractivity contribution is 7.75. The predicted octanol–water partition coefficient (Wildman–Crippen LogP) is 3.09. The van der Waals surface area contributed by atoms with Crippen LogP contribution in [0.15, 0.2) is 55.1 Å². The number of aromatic amines is 1. The summed E-state index contributed by atoms with van der Waals surface area (Å²) in [5, 5.41) is 25.0. The van der Waals surface area contributed by atoms with Gasteiger partial charge in [0.2, 0.25) is 0 Å². The lowest BCUT2D eigenvalue weighted by atomic mass is 10.1. The molecule has 9 nitrogen and oxygen atoms in total. The zero-order valence-corrected chi connectivity index (χ0v) is 20.6. The summed E-state index contributed by atoms with van der Waals surface area (Å²) >= 11 is 6.24. The van der Waals surface area contributed by atoms with Crippen LogP contribution in [0.4, 0.5) is 0 Å². The second-order valence-electron chi connectivity index (χ2n) is 7.77. The molecule has 2 aromatic carbocycles. The second kappa shape index (κ2) is 9.88. The van der Waals surface area contributed by atoms with Gasteiger partial charge in [-0.3, -0.25) is 9.36 Å². The van der Waals surface area contributed by atoms with Crippen LogP contribution in [0.5, 0.6) is 0 Å². The van der Waals surface area contributed by atoms with Gasteiger partial charge in [-0.2, -0.15) is 5.26 Å². The van der Waals surface area contributed by atoms with E-state index in [2.05, 4.69) is 21.4 Å². The van der Waals surface area contributed by atoms with Crippen molar-refractivity contribution in [1.82, 2.24) is 15.3 Å². The second-order valence-corrected chi connectivity index (χ2v) is 10.6. The van der Waals surface area contributed by atoms with Gasteiger partial charge < -0.3 is 20.0 Å². The summed E-state index contributed by atoms with van der Waals surface area (Å²) < 4.78 is 20.7. The van der Waals surface area contributed by atoms with Crippen molar-refractivity contribution in [2.45, 2.75) is 19.9 Å². The van der Waals surface area contributed by atoms with Gasteiger partial charge >= 0.3 is 0 Å². The highest BCUT2D eigenvalue weighted by Gasteiger charge is 2.36. The Morgan fingerprint density at radius 3 is 2.80 bits per heavy atom. The van der Waals surface area contributed by atoms with Gasteiger partial charge in [0.05, 0.1) is 29.0 Å². The number of nitrogens with zero attached hydrogens (tertiary/aromatic N) is 3. The lowest BCUT2D eigenvalue weighted by molar-refractivity contribution is -0.609. The molecule has 0 radical (unpaired) electrons. The molecule has 178 valence electrons. The Hall–Kier alpha value is -3.70. The molecule has 0 aliphatic carbocycles. The third-order valence-corrected chi connectivity index (χ3v) is 8.27. The smallest absolute Gasteiger partial charge is 0.289 e. The van der Waals surface area contributed by atoms with Crippen molar-refractivity contribution in [2.75, 3.05) is 7.11 Å². The number of hydrogen-bond acceptors (Lipinski definition) is 6. The molecule has 0 spiro atoms. The van der Waals surface area contributed by atoms with E-state index in [0.29, 0.717) is 43.5 Å². The van der Waals surface area contributed by atoms with Crippen LogP contribution in [-0.2, 0) is 22.1 Å². The van der Waals surface area contributed by atoms with E-state index >= 15 is 0 Å². The maximum Gasteiger partial charge on any atom is 0.289 e. The maximum absolute atomic E-state index is 14.5. The number of aromatic nitrogens is 3.